The molecular formula is C30H34N2O6S. The zero-order valence-electron chi connectivity index (χ0n) is 22.5. The molecule has 3 aromatic carbocycles. The zero-order chi connectivity index (χ0) is 27.8. The van der Waals surface area contributed by atoms with E-state index in [0.717, 1.165) is 39.2 Å². The fraction of sp³-hybridized carbons (Fsp3) is 0.300. The molecule has 0 fully saturated rings. The van der Waals surface area contributed by atoms with Crippen LogP contribution in [-0.4, -0.2) is 65.1 Å². The molecule has 0 atom stereocenters. The largest absolute Gasteiger partial charge is 0.491 e. The van der Waals surface area contributed by atoms with E-state index in [4.69, 9.17) is 19.2 Å². The van der Waals surface area contributed by atoms with Crippen LogP contribution in [0, 0.1) is 6.92 Å². The molecule has 0 amide bonds. The predicted molar refractivity (Wildman–Crippen MR) is 153 cm³/mol. The van der Waals surface area contributed by atoms with Crippen molar-refractivity contribution in [2.45, 2.75) is 18.2 Å². The molecule has 4 aromatic rings. The van der Waals surface area contributed by atoms with E-state index in [2.05, 4.69) is 29.2 Å². The number of aromatic nitrogens is 1. The molecule has 9 heteroatoms. The van der Waals surface area contributed by atoms with Gasteiger partial charge in [-0.25, -0.2) is 4.98 Å². The fourth-order valence-electron chi connectivity index (χ4n) is 4.16. The molecule has 1 aromatic heterocycles. The van der Waals surface area contributed by atoms with Crippen molar-refractivity contribution < 1.29 is 27.2 Å². The topological polar surface area (TPSA) is 98.2 Å². The summed E-state index contributed by atoms with van der Waals surface area (Å²) < 4.78 is 49.4. The number of pyridine rings is 1. The lowest BCUT2D eigenvalue weighted by molar-refractivity contribution is 0.0372. The molecule has 4 rings (SSSR count). The van der Waals surface area contributed by atoms with Gasteiger partial charge in [0.15, 0.2) is 0 Å². The number of aryl methyl sites for hydroxylation is 1. The van der Waals surface area contributed by atoms with Gasteiger partial charge in [0, 0.05) is 30.7 Å². The fourth-order valence-corrected chi connectivity index (χ4v) is 4.89. The van der Waals surface area contributed by atoms with E-state index in [1.165, 1.54) is 6.07 Å². The third-order valence-corrected chi connectivity index (χ3v) is 7.17. The number of nitrogens with zero attached hydrogens (tertiary/aromatic N) is 2. The molecule has 0 bridgehead atoms. The van der Waals surface area contributed by atoms with Crippen molar-refractivity contribution in [3.8, 4) is 17.0 Å². The molecule has 39 heavy (non-hydrogen) atoms. The Morgan fingerprint density at radius 2 is 1.54 bits per heavy atom. The average molecular weight is 551 g/mol. The number of benzene rings is 3. The first-order chi connectivity index (χ1) is 18.7. The van der Waals surface area contributed by atoms with Gasteiger partial charge in [-0.05, 0) is 61.4 Å². The first-order valence-corrected chi connectivity index (χ1v) is 14.2. The maximum atomic E-state index is 11.5. The summed E-state index contributed by atoms with van der Waals surface area (Å²) in [7, 11) is -0.219. The number of hydrogen-bond acceptors (Lipinski definition) is 7. The summed E-state index contributed by atoms with van der Waals surface area (Å²) in [5.41, 5.74) is 5.50. The summed E-state index contributed by atoms with van der Waals surface area (Å²) in [6.45, 7) is 3.75. The van der Waals surface area contributed by atoms with Crippen LogP contribution in [0.3, 0.4) is 0 Å². The summed E-state index contributed by atoms with van der Waals surface area (Å²) in [4.78, 5) is 6.79. The minimum absolute atomic E-state index is 0.0788. The van der Waals surface area contributed by atoms with E-state index >= 15 is 0 Å². The second kappa shape index (κ2) is 13.0. The number of anilines is 1. The molecule has 0 aliphatic rings. The van der Waals surface area contributed by atoms with Gasteiger partial charge in [0.2, 0.25) is 0 Å². The van der Waals surface area contributed by atoms with Gasteiger partial charge in [-0.3, -0.25) is 4.55 Å². The summed E-state index contributed by atoms with van der Waals surface area (Å²) in [6, 6.07) is 23.0. The maximum Gasteiger partial charge on any atom is 0.294 e. The molecule has 0 aliphatic heterocycles. The van der Waals surface area contributed by atoms with Crippen LogP contribution in [0.4, 0.5) is 5.69 Å². The first kappa shape index (κ1) is 28.5. The van der Waals surface area contributed by atoms with Crippen LogP contribution in [0.15, 0.2) is 77.7 Å². The van der Waals surface area contributed by atoms with Crippen molar-refractivity contribution in [1.82, 2.24) is 4.98 Å². The normalized spacial score (nSPS) is 11.6. The van der Waals surface area contributed by atoms with Crippen molar-refractivity contribution in [2.24, 2.45) is 0 Å². The van der Waals surface area contributed by atoms with Gasteiger partial charge in [0.25, 0.3) is 10.1 Å². The van der Waals surface area contributed by atoms with Crippen molar-refractivity contribution >= 4 is 26.7 Å². The van der Waals surface area contributed by atoms with E-state index in [0.29, 0.717) is 45.0 Å². The Morgan fingerprint density at radius 3 is 2.26 bits per heavy atom. The van der Waals surface area contributed by atoms with Gasteiger partial charge in [-0.15, -0.1) is 0 Å². The smallest absolute Gasteiger partial charge is 0.294 e. The highest BCUT2D eigenvalue weighted by atomic mass is 32.2. The third kappa shape index (κ3) is 8.00. The Morgan fingerprint density at radius 1 is 0.821 bits per heavy atom. The zero-order valence-corrected chi connectivity index (χ0v) is 23.3. The van der Waals surface area contributed by atoms with Crippen molar-refractivity contribution in [3.05, 3.63) is 83.9 Å². The standard InChI is InChI=1S/C30H34N2O6S/c1-22-4-13-30(39(33,34)35)25(20-22)14-15-36-16-17-37-18-19-38-27-10-12-29-24(21-27)7-11-28(31-29)23-5-8-26(9-6-23)32(2)3/h4-13,20-21H,14-19H2,1-3H3,(H,33,34,35). The van der Waals surface area contributed by atoms with Gasteiger partial charge in [-0.1, -0.05) is 35.9 Å². The lowest BCUT2D eigenvalue weighted by Crippen LogP contribution is -2.12. The van der Waals surface area contributed by atoms with E-state index in [1.807, 2.05) is 51.4 Å². The third-order valence-electron chi connectivity index (χ3n) is 6.22. The molecule has 8 nitrogen and oxygen atoms in total. The quantitative estimate of drug-likeness (QED) is 0.180. The Labute approximate surface area is 229 Å². The highest BCUT2D eigenvalue weighted by molar-refractivity contribution is 7.85. The minimum atomic E-state index is -4.26. The van der Waals surface area contributed by atoms with Gasteiger partial charge in [0.1, 0.15) is 12.4 Å². The molecule has 0 radical (unpaired) electrons. The average Bonchev–Trinajstić information content (AvgIpc) is 2.91. The van der Waals surface area contributed by atoms with Gasteiger partial charge in [0.05, 0.1) is 42.5 Å². The van der Waals surface area contributed by atoms with Crippen LogP contribution in [0.5, 0.6) is 5.75 Å². The lowest BCUT2D eigenvalue weighted by Gasteiger charge is -2.13. The van der Waals surface area contributed by atoms with Crippen LogP contribution < -0.4 is 9.64 Å². The van der Waals surface area contributed by atoms with Crippen LogP contribution in [0.25, 0.3) is 22.2 Å². The van der Waals surface area contributed by atoms with E-state index < -0.39 is 10.1 Å². The van der Waals surface area contributed by atoms with Crippen molar-refractivity contribution in [3.63, 3.8) is 0 Å². The van der Waals surface area contributed by atoms with E-state index in [9.17, 15) is 13.0 Å². The van der Waals surface area contributed by atoms with Crippen LogP contribution in [0.2, 0.25) is 0 Å². The second-order valence-electron chi connectivity index (χ2n) is 9.40. The SMILES string of the molecule is Cc1ccc(S(=O)(=O)O)c(CCOCCOCCOc2ccc3nc(-c4ccc(N(C)C)cc4)ccc3c2)c1. The molecule has 1 heterocycles. The number of hydrogen-bond donors (Lipinski definition) is 1. The minimum Gasteiger partial charge on any atom is -0.491 e. The molecule has 0 unspecified atom stereocenters. The number of ether oxygens (including phenoxy) is 3. The molecule has 0 saturated carbocycles. The Hall–Kier alpha value is -3.50. The Bertz CT molecular complexity index is 1500. The van der Waals surface area contributed by atoms with Gasteiger partial charge < -0.3 is 19.1 Å². The Balaban J connectivity index is 1.17. The highest BCUT2D eigenvalue weighted by Crippen LogP contribution is 2.25. The number of fused-ring (bicyclic) bond motifs is 1. The summed E-state index contributed by atoms with van der Waals surface area (Å²) >= 11 is 0. The Kier molecular flexibility index (Phi) is 9.53. The summed E-state index contributed by atoms with van der Waals surface area (Å²) in [5.74, 6) is 0.750. The monoisotopic (exact) mass is 550 g/mol. The summed E-state index contributed by atoms with van der Waals surface area (Å²) in [6.07, 6.45) is 0.376. The van der Waals surface area contributed by atoms with E-state index in [-0.39, 0.29) is 4.90 Å². The van der Waals surface area contributed by atoms with Crippen LogP contribution >= 0.6 is 0 Å². The first-order valence-electron chi connectivity index (χ1n) is 12.7. The lowest BCUT2D eigenvalue weighted by atomic mass is 10.1. The van der Waals surface area contributed by atoms with Crippen LogP contribution in [0.1, 0.15) is 11.1 Å². The molecular weight excluding hydrogens is 516 g/mol. The highest BCUT2D eigenvalue weighted by Gasteiger charge is 2.15. The molecule has 0 saturated heterocycles. The van der Waals surface area contributed by atoms with E-state index in [1.54, 1.807) is 12.1 Å². The van der Waals surface area contributed by atoms with Crippen molar-refractivity contribution in [2.75, 3.05) is 52.0 Å². The second-order valence-corrected chi connectivity index (χ2v) is 10.8. The predicted octanol–water partition coefficient (Wildman–Crippen LogP) is 5.18. The van der Waals surface area contributed by atoms with Gasteiger partial charge >= 0.3 is 0 Å². The summed E-state index contributed by atoms with van der Waals surface area (Å²) in [5, 5.41) is 1.00. The molecule has 1 N–H and O–H groups in total. The maximum absolute atomic E-state index is 11.5. The van der Waals surface area contributed by atoms with Crippen molar-refractivity contribution in [1.29, 1.82) is 0 Å². The molecule has 0 spiro atoms. The van der Waals surface area contributed by atoms with Gasteiger partial charge in [-0.2, -0.15) is 8.42 Å². The van der Waals surface area contributed by atoms with Crippen LogP contribution in [-0.2, 0) is 26.0 Å². The number of rotatable bonds is 13. The molecule has 0 aliphatic carbocycles. The molecule has 206 valence electrons.